The maximum absolute atomic E-state index is 11.8. The molecule has 136 valence electrons. The van der Waals surface area contributed by atoms with Gasteiger partial charge in [0.15, 0.2) is 0 Å². The molecule has 0 aliphatic carbocycles. The largest absolute Gasteiger partial charge is 0.355 e. The minimum atomic E-state index is -3.48. The standard InChI is InChI=1S/C17H20N6O2S/c1-19-26(24,25)15-5-6-16(21-13-15)22-8-3-9-23(11-10-22)17-14(12-18)4-2-7-20-17/h2,4-7,13,19H,3,8-11H2,1H3. The van der Waals surface area contributed by atoms with E-state index < -0.39 is 10.0 Å². The Morgan fingerprint density at radius 2 is 1.88 bits per heavy atom. The first-order chi connectivity index (χ1) is 12.5. The van der Waals surface area contributed by atoms with Gasteiger partial charge in [0.05, 0.1) is 5.56 Å². The first kappa shape index (κ1) is 18.1. The minimum absolute atomic E-state index is 0.146. The number of nitrogens with one attached hydrogen (secondary N) is 1. The van der Waals surface area contributed by atoms with E-state index in [0.717, 1.165) is 25.3 Å². The molecule has 0 amide bonds. The van der Waals surface area contributed by atoms with Crippen molar-refractivity contribution in [3.63, 3.8) is 0 Å². The predicted octanol–water partition coefficient (Wildman–Crippen LogP) is 0.973. The summed E-state index contributed by atoms with van der Waals surface area (Å²) in [5.41, 5.74) is 0.570. The molecule has 26 heavy (non-hydrogen) atoms. The highest BCUT2D eigenvalue weighted by Crippen LogP contribution is 2.21. The third kappa shape index (κ3) is 3.76. The topological polar surface area (TPSA) is 102 Å². The van der Waals surface area contributed by atoms with E-state index in [1.165, 1.54) is 13.2 Å². The van der Waals surface area contributed by atoms with Crippen LogP contribution >= 0.6 is 0 Å². The van der Waals surface area contributed by atoms with E-state index in [9.17, 15) is 13.7 Å². The Morgan fingerprint density at radius 3 is 2.58 bits per heavy atom. The summed E-state index contributed by atoms with van der Waals surface area (Å²) in [7, 11) is -2.11. The molecular weight excluding hydrogens is 352 g/mol. The van der Waals surface area contributed by atoms with Gasteiger partial charge in [-0.1, -0.05) is 0 Å². The fourth-order valence-corrected chi connectivity index (χ4v) is 3.61. The molecule has 1 N–H and O–H groups in total. The number of anilines is 2. The summed E-state index contributed by atoms with van der Waals surface area (Å²) in [6.45, 7) is 3.03. The summed E-state index contributed by atoms with van der Waals surface area (Å²) < 4.78 is 25.9. The number of nitriles is 1. The van der Waals surface area contributed by atoms with Gasteiger partial charge in [-0.3, -0.25) is 0 Å². The Kier molecular flexibility index (Phi) is 5.35. The van der Waals surface area contributed by atoms with E-state index in [1.54, 1.807) is 30.5 Å². The fourth-order valence-electron chi connectivity index (χ4n) is 2.93. The first-order valence-corrected chi connectivity index (χ1v) is 9.78. The molecule has 0 radical (unpaired) electrons. The number of aromatic nitrogens is 2. The third-order valence-corrected chi connectivity index (χ3v) is 5.73. The van der Waals surface area contributed by atoms with Crippen LogP contribution in [0, 0.1) is 11.3 Å². The quantitative estimate of drug-likeness (QED) is 0.853. The fraction of sp³-hybridized carbons (Fsp3) is 0.353. The van der Waals surface area contributed by atoms with E-state index in [-0.39, 0.29) is 4.90 Å². The van der Waals surface area contributed by atoms with Gasteiger partial charge in [-0.15, -0.1) is 0 Å². The molecule has 0 atom stereocenters. The van der Waals surface area contributed by atoms with E-state index >= 15 is 0 Å². The molecule has 0 spiro atoms. The summed E-state index contributed by atoms with van der Waals surface area (Å²) >= 11 is 0. The maximum Gasteiger partial charge on any atom is 0.241 e. The van der Waals surface area contributed by atoms with Crippen LogP contribution in [0.15, 0.2) is 41.6 Å². The van der Waals surface area contributed by atoms with Crippen molar-refractivity contribution in [1.29, 1.82) is 5.26 Å². The Hall–Kier alpha value is -2.70. The zero-order chi connectivity index (χ0) is 18.6. The van der Waals surface area contributed by atoms with E-state index in [4.69, 9.17) is 0 Å². The number of pyridine rings is 2. The second-order valence-corrected chi connectivity index (χ2v) is 7.76. The summed E-state index contributed by atoms with van der Waals surface area (Å²) in [6, 6.07) is 9.00. The molecule has 0 bridgehead atoms. The summed E-state index contributed by atoms with van der Waals surface area (Å²) in [6.07, 6.45) is 3.96. The number of rotatable bonds is 4. The van der Waals surface area contributed by atoms with Crippen molar-refractivity contribution >= 4 is 21.7 Å². The van der Waals surface area contributed by atoms with Gasteiger partial charge in [-0.25, -0.2) is 23.1 Å². The molecule has 9 heteroatoms. The van der Waals surface area contributed by atoms with E-state index in [1.807, 2.05) is 0 Å². The first-order valence-electron chi connectivity index (χ1n) is 8.30. The number of hydrogen-bond acceptors (Lipinski definition) is 7. The average Bonchev–Trinajstić information content (AvgIpc) is 2.94. The molecule has 3 heterocycles. The number of nitrogens with zero attached hydrogens (tertiary/aromatic N) is 5. The zero-order valence-electron chi connectivity index (χ0n) is 14.5. The Balaban J connectivity index is 1.74. The molecule has 2 aromatic rings. The lowest BCUT2D eigenvalue weighted by atomic mass is 10.2. The van der Waals surface area contributed by atoms with Crippen molar-refractivity contribution in [1.82, 2.24) is 14.7 Å². The average molecular weight is 372 g/mol. The van der Waals surface area contributed by atoms with Gasteiger partial charge in [0, 0.05) is 38.6 Å². The van der Waals surface area contributed by atoms with Gasteiger partial charge < -0.3 is 9.80 Å². The van der Waals surface area contributed by atoms with Crippen molar-refractivity contribution in [2.45, 2.75) is 11.3 Å². The van der Waals surface area contributed by atoms with Gasteiger partial charge in [0.1, 0.15) is 22.6 Å². The van der Waals surface area contributed by atoms with Crippen LogP contribution in [0.3, 0.4) is 0 Å². The van der Waals surface area contributed by atoms with Crippen LogP contribution in [-0.2, 0) is 10.0 Å². The van der Waals surface area contributed by atoms with Gasteiger partial charge >= 0.3 is 0 Å². The highest BCUT2D eigenvalue weighted by atomic mass is 32.2. The number of hydrogen-bond donors (Lipinski definition) is 1. The van der Waals surface area contributed by atoms with Crippen LogP contribution < -0.4 is 14.5 Å². The second-order valence-electron chi connectivity index (χ2n) is 5.87. The summed E-state index contributed by atoms with van der Waals surface area (Å²) in [5.74, 6) is 1.45. The lowest BCUT2D eigenvalue weighted by molar-refractivity contribution is 0.588. The summed E-state index contributed by atoms with van der Waals surface area (Å²) in [4.78, 5) is 13.0. The van der Waals surface area contributed by atoms with E-state index in [0.29, 0.717) is 24.5 Å². The molecular formula is C17H20N6O2S. The molecule has 0 unspecified atom stereocenters. The van der Waals surface area contributed by atoms with E-state index in [2.05, 4.69) is 30.6 Å². The van der Waals surface area contributed by atoms with Crippen LogP contribution in [-0.4, -0.2) is 51.6 Å². The molecule has 1 saturated heterocycles. The highest BCUT2D eigenvalue weighted by Gasteiger charge is 2.20. The van der Waals surface area contributed by atoms with Crippen LogP contribution in [0.2, 0.25) is 0 Å². The van der Waals surface area contributed by atoms with Crippen molar-refractivity contribution in [2.75, 3.05) is 43.0 Å². The lowest BCUT2D eigenvalue weighted by Gasteiger charge is -2.24. The monoisotopic (exact) mass is 372 g/mol. The molecule has 3 rings (SSSR count). The van der Waals surface area contributed by atoms with Gasteiger partial charge in [-0.05, 0) is 37.7 Å². The second kappa shape index (κ2) is 7.68. The highest BCUT2D eigenvalue weighted by molar-refractivity contribution is 7.89. The van der Waals surface area contributed by atoms with Crippen molar-refractivity contribution in [3.05, 3.63) is 42.2 Å². The summed E-state index contributed by atoms with van der Waals surface area (Å²) in [5, 5.41) is 9.27. The van der Waals surface area contributed by atoms with Crippen molar-refractivity contribution < 1.29 is 8.42 Å². The lowest BCUT2D eigenvalue weighted by Crippen LogP contribution is -2.32. The van der Waals surface area contributed by atoms with Crippen LogP contribution in [0.1, 0.15) is 12.0 Å². The van der Waals surface area contributed by atoms with Crippen LogP contribution in [0.5, 0.6) is 0 Å². The van der Waals surface area contributed by atoms with Crippen molar-refractivity contribution in [2.24, 2.45) is 0 Å². The normalized spacial score (nSPS) is 15.4. The third-order valence-electron chi connectivity index (χ3n) is 4.33. The molecule has 8 nitrogen and oxygen atoms in total. The predicted molar refractivity (Wildman–Crippen MR) is 98.5 cm³/mol. The molecule has 2 aromatic heterocycles. The van der Waals surface area contributed by atoms with Gasteiger partial charge in [0.25, 0.3) is 0 Å². The molecule has 0 aromatic carbocycles. The Labute approximate surface area is 153 Å². The van der Waals surface area contributed by atoms with Gasteiger partial charge in [-0.2, -0.15) is 5.26 Å². The Morgan fingerprint density at radius 1 is 1.12 bits per heavy atom. The Bertz CT molecular complexity index is 908. The molecule has 1 aliphatic rings. The van der Waals surface area contributed by atoms with Crippen LogP contribution in [0.4, 0.5) is 11.6 Å². The SMILES string of the molecule is CNS(=O)(=O)c1ccc(N2CCCN(c3ncccc3C#N)CC2)nc1. The molecule has 1 fully saturated rings. The van der Waals surface area contributed by atoms with Crippen molar-refractivity contribution in [3.8, 4) is 6.07 Å². The smallest absolute Gasteiger partial charge is 0.241 e. The minimum Gasteiger partial charge on any atom is -0.355 e. The van der Waals surface area contributed by atoms with Crippen LogP contribution in [0.25, 0.3) is 0 Å². The molecule has 1 aliphatic heterocycles. The zero-order valence-corrected chi connectivity index (χ0v) is 15.3. The maximum atomic E-state index is 11.8. The molecule has 0 saturated carbocycles. The van der Waals surface area contributed by atoms with Gasteiger partial charge in [0.2, 0.25) is 10.0 Å². The number of sulfonamides is 1.